The van der Waals surface area contributed by atoms with Crippen molar-refractivity contribution in [2.75, 3.05) is 5.43 Å². The molecule has 0 aliphatic rings. The van der Waals surface area contributed by atoms with Crippen molar-refractivity contribution in [3.8, 4) is 0 Å². The summed E-state index contributed by atoms with van der Waals surface area (Å²) in [5.74, 6) is 5.11. The summed E-state index contributed by atoms with van der Waals surface area (Å²) in [5.41, 5.74) is 3.51. The number of halogens is 1. The molecular formula is C7H7ClN2O. The van der Waals surface area contributed by atoms with Gasteiger partial charge in [0, 0.05) is 11.3 Å². The maximum atomic E-state index is 10.3. The average Bonchev–Trinajstić information content (AvgIpc) is 2.05. The molecule has 0 atom stereocenters. The van der Waals surface area contributed by atoms with Crippen LogP contribution >= 0.6 is 11.6 Å². The number of rotatable bonds is 2. The van der Waals surface area contributed by atoms with Gasteiger partial charge >= 0.3 is 0 Å². The van der Waals surface area contributed by atoms with E-state index >= 15 is 0 Å². The Labute approximate surface area is 69.1 Å². The van der Waals surface area contributed by atoms with Crippen molar-refractivity contribution in [2.24, 2.45) is 5.84 Å². The number of hydrogen-bond donors (Lipinski definition) is 2. The lowest BCUT2D eigenvalue weighted by molar-refractivity contribution is 0.112. The molecule has 0 bridgehead atoms. The fourth-order valence-electron chi connectivity index (χ4n) is 0.724. The molecule has 0 amide bonds. The minimum absolute atomic E-state index is 0.430. The smallest absolute Gasteiger partial charge is 0.151 e. The van der Waals surface area contributed by atoms with E-state index in [1.165, 1.54) is 0 Å². The van der Waals surface area contributed by atoms with Crippen molar-refractivity contribution in [3.63, 3.8) is 0 Å². The summed E-state index contributed by atoms with van der Waals surface area (Å²) in [6.45, 7) is 0. The van der Waals surface area contributed by atoms with Crippen LogP contribution in [0.1, 0.15) is 10.4 Å². The fraction of sp³-hybridized carbons (Fsp3) is 0. The van der Waals surface area contributed by atoms with Gasteiger partial charge in [0.1, 0.15) is 0 Å². The zero-order valence-electron chi connectivity index (χ0n) is 5.67. The Balaban J connectivity index is 3.12. The minimum Gasteiger partial charge on any atom is -0.324 e. The number of aldehydes is 1. The predicted octanol–water partition coefficient (Wildman–Crippen LogP) is 1.44. The number of nitrogens with one attached hydrogen (secondary N) is 1. The summed E-state index contributed by atoms with van der Waals surface area (Å²) < 4.78 is 0. The number of hydrogen-bond acceptors (Lipinski definition) is 3. The molecule has 11 heavy (non-hydrogen) atoms. The van der Waals surface area contributed by atoms with Gasteiger partial charge in [-0.2, -0.15) is 0 Å². The first-order chi connectivity index (χ1) is 5.27. The standard InChI is InChI=1S/C7H7ClN2O/c8-7-2-1-6(10-9)3-5(7)4-11/h1-4,10H,9H2. The van der Waals surface area contributed by atoms with Crippen LogP contribution in [0.4, 0.5) is 5.69 Å². The van der Waals surface area contributed by atoms with E-state index in [1.807, 2.05) is 0 Å². The Hall–Kier alpha value is -1.06. The van der Waals surface area contributed by atoms with Crippen LogP contribution in [0.5, 0.6) is 0 Å². The van der Waals surface area contributed by atoms with Gasteiger partial charge in [0.2, 0.25) is 0 Å². The molecular weight excluding hydrogens is 164 g/mol. The number of carbonyl (C=O) groups excluding carboxylic acids is 1. The monoisotopic (exact) mass is 170 g/mol. The van der Waals surface area contributed by atoms with Gasteiger partial charge in [-0.25, -0.2) is 0 Å². The number of hydrazine groups is 1. The Bertz CT molecular complexity index is 275. The van der Waals surface area contributed by atoms with Crippen LogP contribution in [0.2, 0.25) is 5.02 Å². The van der Waals surface area contributed by atoms with Gasteiger partial charge in [0.05, 0.1) is 5.02 Å². The molecule has 1 rings (SSSR count). The lowest BCUT2D eigenvalue weighted by Crippen LogP contribution is -2.06. The highest BCUT2D eigenvalue weighted by molar-refractivity contribution is 6.33. The van der Waals surface area contributed by atoms with Gasteiger partial charge in [0.25, 0.3) is 0 Å². The van der Waals surface area contributed by atoms with Crippen molar-refractivity contribution < 1.29 is 4.79 Å². The highest BCUT2D eigenvalue weighted by Crippen LogP contribution is 2.17. The van der Waals surface area contributed by atoms with E-state index < -0.39 is 0 Å². The Morgan fingerprint density at radius 2 is 2.27 bits per heavy atom. The second-order valence-corrected chi connectivity index (χ2v) is 2.41. The quantitative estimate of drug-likeness (QED) is 0.401. The fourth-order valence-corrected chi connectivity index (χ4v) is 0.886. The summed E-state index contributed by atoms with van der Waals surface area (Å²) in [5, 5.41) is 0.430. The highest BCUT2D eigenvalue weighted by atomic mass is 35.5. The molecule has 1 aromatic carbocycles. The second kappa shape index (κ2) is 3.37. The molecule has 0 spiro atoms. The minimum atomic E-state index is 0.430. The maximum absolute atomic E-state index is 10.3. The van der Waals surface area contributed by atoms with Crippen LogP contribution < -0.4 is 11.3 Å². The van der Waals surface area contributed by atoms with Gasteiger partial charge in [0.15, 0.2) is 6.29 Å². The summed E-state index contributed by atoms with van der Waals surface area (Å²) in [7, 11) is 0. The number of anilines is 1. The molecule has 0 aliphatic heterocycles. The van der Waals surface area contributed by atoms with E-state index in [0.29, 0.717) is 22.6 Å². The van der Waals surface area contributed by atoms with Crippen molar-refractivity contribution in [3.05, 3.63) is 28.8 Å². The summed E-state index contributed by atoms with van der Waals surface area (Å²) in [4.78, 5) is 10.3. The number of benzene rings is 1. The normalized spacial score (nSPS) is 9.27. The molecule has 0 saturated heterocycles. The zero-order chi connectivity index (χ0) is 8.27. The third-order valence-corrected chi connectivity index (χ3v) is 1.63. The van der Waals surface area contributed by atoms with Crippen molar-refractivity contribution >= 4 is 23.6 Å². The van der Waals surface area contributed by atoms with Crippen LogP contribution in [0.25, 0.3) is 0 Å². The molecule has 3 N–H and O–H groups in total. The SMILES string of the molecule is NNc1ccc(Cl)c(C=O)c1. The van der Waals surface area contributed by atoms with E-state index in [-0.39, 0.29) is 0 Å². The van der Waals surface area contributed by atoms with E-state index in [1.54, 1.807) is 18.2 Å². The molecule has 0 aliphatic carbocycles. The lowest BCUT2D eigenvalue weighted by Gasteiger charge is -2.00. The van der Waals surface area contributed by atoms with Crippen molar-refractivity contribution in [2.45, 2.75) is 0 Å². The molecule has 0 saturated carbocycles. The van der Waals surface area contributed by atoms with Gasteiger partial charge in [-0.1, -0.05) is 11.6 Å². The third kappa shape index (κ3) is 1.69. The molecule has 58 valence electrons. The first kappa shape index (κ1) is 8.04. The molecule has 0 aromatic heterocycles. The van der Waals surface area contributed by atoms with Crippen LogP contribution in [0, 0.1) is 0 Å². The zero-order valence-corrected chi connectivity index (χ0v) is 6.43. The molecule has 3 nitrogen and oxygen atoms in total. The van der Waals surface area contributed by atoms with Crippen LogP contribution in [0.3, 0.4) is 0 Å². The summed E-state index contributed by atoms with van der Waals surface area (Å²) in [6.07, 6.45) is 0.684. The van der Waals surface area contributed by atoms with Gasteiger partial charge in [-0.3, -0.25) is 10.6 Å². The van der Waals surface area contributed by atoms with E-state index in [4.69, 9.17) is 17.4 Å². The molecule has 0 heterocycles. The van der Waals surface area contributed by atoms with Crippen molar-refractivity contribution in [1.82, 2.24) is 0 Å². The largest absolute Gasteiger partial charge is 0.324 e. The molecule has 4 heteroatoms. The van der Waals surface area contributed by atoms with E-state index in [9.17, 15) is 4.79 Å². The highest BCUT2D eigenvalue weighted by Gasteiger charge is 1.98. The first-order valence-electron chi connectivity index (χ1n) is 2.99. The van der Waals surface area contributed by atoms with Crippen LogP contribution in [-0.2, 0) is 0 Å². The number of nitrogens with two attached hydrogens (primary N) is 1. The topological polar surface area (TPSA) is 55.1 Å². The summed E-state index contributed by atoms with van der Waals surface area (Å²) in [6, 6.07) is 4.88. The van der Waals surface area contributed by atoms with Crippen LogP contribution in [-0.4, -0.2) is 6.29 Å². The Kier molecular flexibility index (Phi) is 2.46. The number of carbonyl (C=O) groups is 1. The third-order valence-electron chi connectivity index (χ3n) is 1.29. The van der Waals surface area contributed by atoms with Gasteiger partial charge in [-0.15, -0.1) is 0 Å². The number of nitrogen functional groups attached to an aromatic ring is 1. The maximum Gasteiger partial charge on any atom is 0.151 e. The Morgan fingerprint density at radius 1 is 1.55 bits per heavy atom. The Morgan fingerprint density at radius 3 is 2.82 bits per heavy atom. The predicted molar refractivity (Wildman–Crippen MR) is 44.6 cm³/mol. The molecule has 0 radical (unpaired) electrons. The average molecular weight is 171 g/mol. The lowest BCUT2D eigenvalue weighted by atomic mass is 10.2. The van der Waals surface area contributed by atoms with E-state index in [0.717, 1.165) is 0 Å². The van der Waals surface area contributed by atoms with Gasteiger partial charge < -0.3 is 5.43 Å². The molecule has 1 aromatic rings. The molecule has 0 fully saturated rings. The first-order valence-corrected chi connectivity index (χ1v) is 3.37. The summed E-state index contributed by atoms with van der Waals surface area (Å²) >= 11 is 5.65. The van der Waals surface area contributed by atoms with Crippen molar-refractivity contribution in [1.29, 1.82) is 0 Å². The van der Waals surface area contributed by atoms with E-state index in [2.05, 4.69) is 5.43 Å². The van der Waals surface area contributed by atoms with Gasteiger partial charge in [-0.05, 0) is 18.2 Å². The molecule has 0 unspecified atom stereocenters. The van der Waals surface area contributed by atoms with Crippen LogP contribution in [0.15, 0.2) is 18.2 Å². The second-order valence-electron chi connectivity index (χ2n) is 2.00.